The van der Waals surface area contributed by atoms with Gasteiger partial charge in [0, 0.05) is 11.4 Å². The number of benzene rings is 3. The molecule has 0 aliphatic rings. The van der Waals surface area contributed by atoms with Crippen LogP contribution in [0.5, 0.6) is 0 Å². The van der Waals surface area contributed by atoms with Crippen molar-refractivity contribution in [1.29, 1.82) is 0 Å². The first-order chi connectivity index (χ1) is 12.6. The maximum absolute atomic E-state index is 4.40. The summed E-state index contributed by atoms with van der Waals surface area (Å²) in [4.78, 5) is 0. The van der Waals surface area contributed by atoms with Gasteiger partial charge in [-0.15, -0.1) is 10.2 Å². The lowest BCUT2D eigenvalue weighted by Crippen LogP contribution is -2.00. The number of rotatable bonds is 4. The molecule has 1 aromatic heterocycles. The fourth-order valence-corrected chi connectivity index (χ4v) is 4.02. The van der Waals surface area contributed by atoms with Gasteiger partial charge in [-0.1, -0.05) is 60.3 Å². The van der Waals surface area contributed by atoms with Gasteiger partial charge < -0.3 is 0 Å². The van der Waals surface area contributed by atoms with Crippen molar-refractivity contribution in [2.45, 2.75) is 31.7 Å². The predicted molar refractivity (Wildman–Crippen MR) is 109 cm³/mol. The summed E-state index contributed by atoms with van der Waals surface area (Å²) < 4.78 is 2.14. The van der Waals surface area contributed by atoms with Crippen LogP contribution in [0.15, 0.2) is 65.8 Å². The number of aromatic nitrogens is 3. The highest BCUT2D eigenvalue weighted by Crippen LogP contribution is 2.27. The molecule has 3 nitrogen and oxygen atoms in total. The molecule has 4 aromatic rings. The second-order valence-electron chi connectivity index (χ2n) is 6.60. The van der Waals surface area contributed by atoms with Crippen molar-refractivity contribution >= 4 is 22.5 Å². The Morgan fingerprint density at radius 1 is 0.808 bits per heavy atom. The Morgan fingerprint density at radius 3 is 2.42 bits per heavy atom. The van der Waals surface area contributed by atoms with Crippen molar-refractivity contribution < 1.29 is 0 Å². The second kappa shape index (κ2) is 6.96. The highest BCUT2D eigenvalue weighted by atomic mass is 32.2. The van der Waals surface area contributed by atoms with E-state index in [-0.39, 0.29) is 0 Å². The Balaban J connectivity index is 1.61. The number of thioether (sulfide) groups is 1. The minimum atomic E-state index is 0.869. The molecule has 0 aliphatic carbocycles. The van der Waals surface area contributed by atoms with Crippen molar-refractivity contribution in [2.24, 2.45) is 0 Å². The Morgan fingerprint density at radius 2 is 1.62 bits per heavy atom. The molecule has 0 bridgehead atoms. The highest BCUT2D eigenvalue weighted by Gasteiger charge is 2.12. The standard InChI is InChI=1S/C22H21N3S/c1-15-8-11-21(12-16(15)2)25-17(3)23-24-22(25)26-14-18-9-10-19-6-4-5-7-20(19)13-18/h4-13H,14H2,1-3H3. The summed E-state index contributed by atoms with van der Waals surface area (Å²) in [7, 11) is 0. The van der Waals surface area contributed by atoms with E-state index in [4.69, 9.17) is 0 Å². The summed E-state index contributed by atoms with van der Waals surface area (Å²) in [5, 5.41) is 12.2. The van der Waals surface area contributed by atoms with Gasteiger partial charge in [-0.05, 0) is 60.4 Å². The quantitative estimate of drug-likeness (QED) is 0.442. The van der Waals surface area contributed by atoms with Gasteiger partial charge in [0.2, 0.25) is 0 Å². The van der Waals surface area contributed by atoms with Gasteiger partial charge >= 0.3 is 0 Å². The summed E-state index contributed by atoms with van der Waals surface area (Å²) in [6.07, 6.45) is 0. The first-order valence-corrected chi connectivity index (χ1v) is 9.70. The van der Waals surface area contributed by atoms with Crippen LogP contribution in [0.1, 0.15) is 22.5 Å². The summed E-state index contributed by atoms with van der Waals surface area (Å²) in [6.45, 7) is 6.27. The zero-order chi connectivity index (χ0) is 18.1. The molecule has 0 N–H and O–H groups in total. The molecule has 0 saturated carbocycles. The van der Waals surface area contributed by atoms with E-state index in [2.05, 4.69) is 89.3 Å². The maximum atomic E-state index is 4.40. The van der Waals surface area contributed by atoms with Crippen LogP contribution in [0, 0.1) is 20.8 Å². The normalized spacial score (nSPS) is 11.2. The Kier molecular flexibility index (Phi) is 4.51. The molecule has 130 valence electrons. The van der Waals surface area contributed by atoms with Gasteiger partial charge in [0.25, 0.3) is 0 Å². The highest BCUT2D eigenvalue weighted by molar-refractivity contribution is 7.98. The first-order valence-electron chi connectivity index (χ1n) is 8.72. The summed E-state index contributed by atoms with van der Waals surface area (Å²) in [5.74, 6) is 1.78. The van der Waals surface area contributed by atoms with E-state index < -0.39 is 0 Å². The molecule has 0 amide bonds. The molecule has 0 fully saturated rings. The zero-order valence-corrected chi connectivity index (χ0v) is 16.0. The van der Waals surface area contributed by atoms with Crippen molar-refractivity contribution in [3.05, 3.63) is 83.2 Å². The van der Waals surface area contributed by atoms with Crippen molar-refractivity contribution in [2.75, 3.05) is 0 Å². The Hall–Kier alpha value is -2.59. The monoisotopic (exact) mass is 359 g/mol. The van der Waals surface area contributed by atoms with Crippen LogP contribution in [-0.4, -0.2) is 14.8 Å². The third kappa shape index (κ3) is 3.25. The van der Waals surface area contributed by atoms with Crippen LogP contribution < -0.4 is 0 Å². The van der Waals surface area contributed by atoms with E-state index in [9.17, 15) is 0 Å². The summed E-state index contributed by atoms with van der Waals surface area (Å²) in [5.41, 5.74) is 4.99. The number of fused-ring (bicyclic) bond motifs is 1. The van der Waals surface area contributed by atoms with Crippen LogP contribution in [0.3, 0.4) is 0 Å². The van der Waals surface area contributed by atoms with Gasteiger partial charge in [0.1, 0.15) is 5.82 Å². The Labute approximate surface area is 158 Å². The minimum Gasteiger partial charge on any atom is -0.274 e. The SMILES string of the molecule is Cc1ccc(-n2c(C)nnc2SCc2ccc3ccccc3c2)cc1C. The predicted octanol–water partition coefficient (Wildman–Crippen LogP) is 5.64. The van der Waals surface area contributed by atoms with Crippen molar-refractivity contribution in [3.8, 4) is 5.69 Å². The van der Waals surface area contributed by atoms with E-state index in [0.29, 0.717) is 0 Å². The van der Waals surface area contributed by atoms with Gasteiger partial charge in [0.05, 0.1) is 0 Å². The van der Waals surface area contributed by atoms with Gasteiger partial charge in [-0.3, -0.25) is 4.57 Å². The largest absolute Gasteiger partial charge is 0.274 e. The lowest BCUT2D eigenvalue weighted by Gasteiger charge is -2.10. The summed E-state index contributed by atoms with van der Waals surface area (Å²) in [6, 6.07) is 21.6. The fourth-order valence-electron chi connectivity index (χ4n) is 3.07. The topological polar surface area (TPSA) is 30.7 Å². The van der Waals surface area contributed by atoms with E-state index in [1.54, 1.807) is 11.8 Å². The molecular formula is C22H21N3S. The molecule has 0 radical (unpaired) electrons. The van der Waals surface area contributed by atoms with E-state index in [1.807, 2.05) is 6.92 Å². The Bertz CT molecular complexity index is 1080. The smallest absolute Gasteiger partial charge is 0.196 e. The molecule has 1 heterocycles. The molecule has 4 heteroatoms. The molecule has 0 aliphatic heterocycles. The molecule has 3 aromatic carbocycles. The van der Waals surface area contributed by atoms with E-state index in [1.165, 1.54) is 27.5 Å². The average Bonchev–Trinajstić information content (AvgIpc) is 3.02. The molecule has 26 heavy (non-hydrogen) atoms. The van der Waals surface area contributed by atoms with E-state index >= 15 is 0 Å². The van der Waals surface area contributed by atoms with Crippen LogP contribution in [0.4, 0.5) is 0 Å². The lowest BCUT2D eigenvalue weighted by molar-refractivity contribution is 0.866. The second-order valence-corrected chi connectivity index (χ2v) is 7.55. The van der Waals surface area contributed by atoms with Crippen LogP contribution in [-0.2, 0) is 5.75 Å². The van der Waals surface area contributed by atoms with Gasteiger partial charge in [-0.2, -0.15) is 0 Å². The number of hydrogen-bond acceptors (Lipinski definition) is 3. The third-order valence-electron chi connectivity index (χ3n) is 4.73. The maximum Gasteiger partial charge on any atom is 0.196 e. The fraction of sp³-hybridized carbons (Fsp3) is 0.182. The molecule has 0 unspecified atom stereocenters. The number of nitrogens with zero attached hydrogens (tertiary/aromatic N) is 3. The van der Waals surface area contributed by atoms with Crippen LogP contribution in [0.2, 0.25) is 0 Å². The number of aryl methyl sites for hydroxylation is 3. The van der Waals surface area contributed by atoms with Crippen molar-refractivity contribution in [1.82, 2.24) is 14.8 Å². The number of hydrogen-bond donors (Lipinski definition) is 0. The zero-order valence-electron chi connectivity index (χ0n) is 15.2. The van der Waals surface area contributed by atoms with Crippen LogP contribution in [0.25, 0.3) is 16.5 Å². The molecule has 0 spiro atoms. The minimum absolute atomic E-state index is 0.869. The lowest BCUT2D eigenvalue weighted by atomic mass is 10.1. The van der Waals surface area contributed by atoms with Gasteiger partial charge in [0.15, 0.2) is 5.16 Å². The summed E-state index contributed by atoms with van der Waals surface area (Å²) >= 11 is 1.72. The van der Waals surface area contributed by atoms with Crippen LogP contribution >= 0.6 is 11.8 Å². The average molecular weight is 359 g/mol. The first kappa shape index (κ1) is 16.9. The molecule has 0 atom stereocenters. The molecular weight excluding hydrogens is 338 g/mol. The third-order valence-corrected chi connectivity index (χ3v) is 5.73. The molecule has 4 rings (SSSR count). The molecule has 0 saturated heterocycles. The van der Waals surface area contributed by atoms with E-state index in [0.717, 1.165) is 22.4 Å². The van der Waals surface area contributed by atoms with Crippen molar-refractivity contribution in [3.63, 3.8) is 0 Å². The van der Waals surface area contributed by atoms with Gasteiger partial charge in [-0.25, -0.2) is 0 Å².